The van der Waals surface area contributed by atoms with Crippen LogP contribution in [0.1, 0.15) is 18.2 Å². The number of terminal acetylenes is 1. The number of nitrogens with zero attached hydrogens (tertiary/aromatic N) is 1. The Hall–Kier alpha value is -1.40. The van der Waals surface area contributed by atoms with Crippen LogP contribution in [0.5, 0.6) is 0 Å². The molecule has 0 aliphatic heterocycles. The summed E-state index contributed by atoms with van der Waals surface area (Å²) in [7, 11) is 1.73. The first-order valence-corrected chi connectivity index (χ1v) is 4.00. The zero-order valence-corrected chi connectivity index (χ0v) is 7.42. The van der Waals surface area contributed by atoms with Crippen molar-refractivity contribution < 1.29 is 4.39 Å². The molecular weight excluding hydrogens is 167 g/mol. The molecule has 0 radical (unpaired) electrons. The molecule has 1 aromatic rings. The van der Waals surface area contributed by atoms with E-state index in [1.165, 1.54) is 6.07 Å². The maximum Gasteiger partial charge on any atom is 0.146 e. The zero-order valence-electron chi connectivity index (χ0n) is 7.42. The number of hydrogen-bond donors (Lipinski definition) is 1. The predicted molar refractivity (Wildman–Crippen MR) is 49.4 cm³/mol. The molecule has 1 heterocycles. The van der Waals surface area contributed by atoms with Crippen LogP contribution in [-0.4, -0.2) is 12.0 Å². The Morgan fingerprint density at radius 2 is 2.54 bits per heavy atom. The second-order valence-corrected chi connectivity index (χ2v) is 2.62. The van der Waals surface area contributed by atoms with E-state index in [1.54, 1.807) is 19.3 Å². The van der Waals surface area contributed by atoms with Gasteiger partial charge in [-0.3, -0.25) is 4.98 Å². The number of nitrogens with one attached hydrogen (secondary N) is 1. The van der Waals surface area contributed by atoms with E-state index in [4.69, 9.17) is 6.42 Å². The van der Waals surface area contributed by atoms with Gasteiger partial charge in [0.25, 0.3) is 0 Å². The van der Waals surface area contributed by atoms with Gasteiger partial charge in [-0.1, -0.05) is 0 Å². The topological polar surface area (TPSA) is 24.9 Å². The summed E-state index contributed by atoms with van der Waals surface area (Å²) in [5.41, 5.74) is 0.378. The van der Waals surface area contributed by atoms with Crippen molar-refractivity contribution in [3.8, 4) is 12.3 Å². The molecule has 1 rings (SSSR count). The largest absolute Gasteiger partial charge is 0.311 e. The first-order valence-electron chi connectivity index (χ1n) is 4.00. The van der Waals surface area contributed by atoms with Gasteiger partial charge in [0.15, 0.2) is 0 Å². The van der Waals surface area contributed by atoms with E-state index in [2.05, 4.69) is 16.2 Å². The van der Waals surface area contributed by atoms with Crippen LogP contribution in [0.2, 0.25) is 0 Å². The van der Waals surface area contributed by atoms with Crippen molar-refractivity contribution in [2.45, 2.75) is 12.5 Å². The molecule has 0 aliphatic rings. The lowest BCUT2D eigenvalue weighted by Gasteiger charge is -2.12. The maximum absolute atomic E-state index is 13.2. The fraction of sp³-hybridized carbons (Fsp3) is 0.300. The summed E-state index contributed by atoms with van der Waals surface area (Å²) in [5, 5.41) is 2.92. The van der Waals surface area contributed by atoms with Crippen LogP contribution in [-0.2, 0) is 0 Å². The van der Waals surface area contributed by atoms with E-state index in [1.807, 2.05) is 0 Å². The molecule has 0 aromatic carbocycles. The minimum Gasteiger partial charge on any atom is -0.311 e. The van der Waals surface area contributed by atoms with Crippen LogP contribution in [0.3, 0.4) is 0 Å². The molecule has 1 aromatic heterocycles. The van der Waals surface area contributed by atoms with Gasteiger partial charge >= 0.3 is 0 Å². The third-order valence-corrected chi connectivity index (χ3v) is 1.79. The van der Waals surface area contributed by atoms with Crippen LogP contribution < -0.4 is 5.32 Å². The third kappa shape index (κ3) is 2.27. The van der Waals surface area contributed by atoms with Crippen molar-refractivity contribution in [2.24, 2.45) is 0 Å². The number of aromatic nitrogens is 1. The second kappa shape index (κ2) is 4.58. The monoisotopic (exact) mass is 178 g/mol. The number of rotatable bonds is 3. The predicted octanol–water partition coefficient (Wildman–Crippen LogP) is 1.50. The second-order valence-electron chi connectivity index (χ2n) is 2.62. The highest BCUT2D eigenvalue weighted by Crippen LogP contribution is 2.15. The Bertz CT molecular complexity index is 317. The highest BCUT2D eigenvalue weighted by atomic mass is 19.1. The molecule has 0 saturated carbocycles. The van der Waals surface area contributed by atoms with E-state index in [0.29, 0.717) is 12.1 Å². The average molecular weight is 178 g/mol. The Morgan fingerprint density at radius 1 is 1.77 bits per heavy atom. The lowest BCUT2D eigenvalue weighted by atomic mass is 10.1. The molecule has 0 saturated heterocycles. The van der Waals surface area contributed by atoms with Crippen LogP contribution >= 0.6 is 0 Å². The first kappa shape index (κ1) is 9.69. The van der Waals surface area contributed by atoms with Gasteiger partial charge in [-0.05, 0) is 19.2 Å². The fourth-order valence-electron chi connectivity index (χ4n) is 1.11. The van der Waals surface area contributed by atoms with Gasteiger partial charge in [-0.25, -0.2) is 4.39 Å². The summed E-state index contributed by atoms with van der Waals surface area (Å²) in [5.74, 6) is 2.15. The van der Waals surface area contributed by atoms with Crippen LogP contribution in [0.4, 0.5) is 4.39 Å². The summed E-state index contributed by atoms with van der Waals surface area (Å²) in [6.45, 7) is 0. The Morgan fingerprint density at radius 3 is 3.08 bits per heavy atom. The van der Waals surface area contributed by atoms with Gasteiger partial charge in [0, 0.05) is 12.6 Å². The van der Waals surface area contributed by atoms with E-state index in [9.17, 15) is 4.39 Å². The van der Waals surface area contributed by atoms with Crippen LogP contribution in [0, 0.1) is 18.2 Å². The molecule has 1 unspecified atom stereocenters. The molecule has 0 aliphatic carbocycles. The Kier molecular flexibility index (Phi) is 3.41. The summed E-state index contributed by atoms with van der Waals surface area (Å²) < 4.78 is 13.2. The molecule has 0 bridgehead atoms. The van der Waals surface area contributed by atoms with Crippen molar-refractivity contribution in [3.05, 3.63) is 29.8 Å². The normalized spacial score (nSPS) is 12.1. The lowest BCUT2D eigenvalue weighted by molar-refractivity contribution is 0.526. The molecule has 0 amide bonds. The standard InChI is InChI=1S/C10H11FN2/c1-3-5-9(12-2)10-8(11)6-4-7-13-10/h1,4,6-7,9,12H,5H2,2H3. The lowest BCUT2D eigenvalue weighted by Crippen LogP contribution is -2.18. The molecule has 1 atom stereocenters. The molecule has 2 nitrogen and oxygen atoms in total. The van der Waals surface area contributed by atoms with Crippen molar-refractivity contribution in [3.63, 3.8) is 0 Å². The van der Waals surface area contributed by atoms with Crippen LogP contribution in [0.25, 0.3) is 0 Å². The minimum absolute atomic E-state index is 0.203. The van der Waals surface area contributed by atoms with Gasteiger partial charge in [0.1, 0.15) is 5.82 Å². The van der Waals surface area contributed by atoms with Crippen molar-refractivity contribution in [1.82, 2.24) is 10.3 Å². The van der Waals surface area contributed by atoms with Gasteiger partial charge in [-0.2, -0.15) is 0 Å². The van der Waals surface area contributed by atoms with E-state index in [-0.39, 0.29) is 11.9 Å². The molecule has 13 heavy (non-hydrogen) atoms. The maximum atomic E-state index is 13.2. The highest BCUT2D eigenvalue weighted by Gasteiger charge is 2.13. The van der Waals surface area contributed by atoms with Crippen molar-refractivity contribution >= 4 is 0 Å². The van der Waals surface area contributed by atoms with Crippen LogP contribution in [0.15, 0.2) is 18.3 Å². The zero-order chi connectivity index (χ0) is 9.68. The Labute approximate surface area is 77.2 Å². The summed E-state index contributed by atoms with van der Waals surface area (Å²) in [6.07, 6.45) is 7.14. The molecular formula is C10H11FN2. The molecule has 0 fully saturated rings. The molecule has 68 valence electrons. The van der Waals surface area contributed by atoms with Gasteiger partial charge in [0.05, 0.1) is 11.7 Å². The molecule has 1 N–H and O–H groups in total. The highest BCUT2D eigenvalue weighted by molar-refractivity contribution is 5.13. The van der Waals surface area contributed by atoms with Gasteiger partial charge in [-0.15, -0.1) is 12.3 Å². The van der Waals surface area contributed by atoms with E-state index < -0.39 is 0 Å². The number of hydrogen-bond acceptors (Lipinski definition) is 2. The van der Waals surface area contributed by atoms with Gasteiger partial charge < -0.3 is 5.32 Å². The summed E-state index contributed by atoms with van der Waals surface area (Å²) in [6, 6.07) is 2.73. The smallest absolute Gasteiger partial charge is 0.146 e. The Balaban J connectivity index is 2.92. The minimum atomic E-state index is -0.322. The number of halogens is 1. The SMILES string of the molecule is C#CCC(NC)c1ncccc1F. The van der Waals surface area contributed by atoms with Gasteiger partial charge in [0.2, 0.25) is 0 Å². The number of pyridine rings is 1. The summed E-state index contributed by atoms with van der Waals surface area (Å²) in [4.78, 5) is 3.94. The van der Waals surface area contributed by atoms with Crippen molar-refractivity contribution in [1.29, 1.82) is 0 Å². The van der Waals surface area contributed by atoms with Crippen molar-refractivity contribution in [2.75, 3.05) is 7.05 Å². The molecule has 0 spiro atoms. The summed E-state index contributed by atoms with van der Waals surface area (Å²) >= 11 is 0. The quantitative estimate of drug-likeness (QED) is 0.709. The molecule has 3 heteroatoms. The fourth-order valence-corrected chi connectivity index (χ4v) is 1.11. The third-order valence-electron chi connectivity index (χ3n) is 1.79. The first-order chi connectivity index (χ1) is 6.29. The average Bonchev–Trinajstić information content (AvgIpc) is 2.16. The van der Waals surface area contributed by atoms with E-state index >= 15 is 0 Å². The van der Waals surface area contributed by atoms with E-state index in [0.717, 1.165) is 0 Å².